The lowest BCUT2D eigenvalue weighted by atomic mass is 10.1. The molecule has 0 spiro atoms. The van der Waals surface area contributed by atoms with Crippen LogP contribution in [-0.4, -0.2) is 55.8 Å². The fourth-order valence-corrected chi connectivity index (χ4v) is 4.89. The van der Waals surface area contributed by atoms with Crippen molar-refractivity contribution in [1.29, 1.82) is 0 Å². The summed E-state index contributed by atoms with van der Waals surface area (Å²) < 4.78 is 35.4. The zero-order valence-corrected chi connectivity index (χ0v) is 19.6. The minimum atomic E-state index is -3.47. The second-order valence-electron chi connectivity index (χ2n) is 8.32. The average Bonchev–Trinajstić information content (AvgIpc) is 3.56. The van der Waals surface area contributed by atoms with Gasteiger partial charge in [0.2, 0.25) is 5.91 Å². The summed E-state index contributed by atoms with van der Waals surface area (Å²) in [5, 5.41) is 2.87. The molecule has 0 radical (unpaired) electrons. The summed E-state index contributed by atoms with van der Waals surface area (Å²) in [6, 6.07) is 7.75. The Morgan fingerprint density at radius 2 is 2.03 bits per heavy atom. The first-order valence-electron chi connectivity index (χ1n) is 10.8. The normalized spacial score (nSPS) is 16.3. The molecule has 33 heavy (non-hydrogen) atoms. The van der Waals surface area contributed by atoms with Crippen LogP contribution in [0.5, 0.6) is 11.6 Å². The molecule has 2 aromatic rings. The molecule has 2 heterocycles. The first-order chi connectivity index (χ1) is 15.7. The van der Waals surface area contributed by atoms with Crippen molar-refractivity contribution in [3.63, 3.8) is 0 Å². The smallest absolute Gasteiger partial charge is 0.257 e. The largest absolute Gasteiger partial charge is 0.491 e. The molecule has 1 aliphatic heterocycles. The number of hydrogen-bond acceptors (Lipinski definition) is 7. The molecule has 1 aliphatic carbocycles. The Labute approximate surface area is 193 Å². The highest BCUT2D eigenvalue weighted by atomic mass is 32.2. The maximum Gasteiger partial charge on any atom is 0.257 e. The number of hydrogen-bond donors (Lipinski definition) is 1. The topological polar surface area (TPSA) is 115 Å². The van der Waals surface area contributed by atoms with E-state index in [-0.39, 0.29) is 35.9 Å². The third-order valence-corrected chi connectivity index (χ3v) is 6.62. The van der Waals surface area contributed by atoms with E-state index in [1.54, 1.807) is 31.2 Å². The van der Waals surface area contributed by atoms with Crippen molar-refractivity contribution >= 4 is 27.3 Å². The molecular weight excluding hydrogens is 446 g/mol. The zero-order chi connectivity index (χ0) is 23.8. The minimum Gasteiger partial charge on any atom is -0.491 e. The van der Waals surface area contributed by atoms with E-state index in [9.17, 15) is 18.0 Å². The third-order valence-electron chi connectivity index (χ3n) is 5.70. The number of anilines is 1. The van der Waals surface area contributed by atoms with Gasteiger partial charge < -0.3 is 19.7 Å². The maximum absolute atomic E-state index is 13.5. The number of benzene rings is 1. The SMILES string of the molecule is CCOc1nc([C@@H](CS(C)(=O)=O)N2Cc3cccc(NC(=O)C4CC4)c3C2=O)ccc1OC. The molecule has 1 fully saturated rings. The minimum absolute atomic E-state index is 0.00747. The summed E-state index contributed by atoms with van der Waals surface area (Å²) in [5.74, 6) is -0.104. The predicted molar refractivity (Wildman–Crippen MR) is 122 cm³/mol. The summed E-state index contributed by atoms with van der Waals surface area (Å²) in [6.45, 7) is 2.36. The molecule has 1 atom stereocenters. The van der Waals surface area contributed by atoms with Gasteiger partial charge in [0.05, 0.1) is 42.5 Å². The van der Waals surface area contributed by atoms with E-state index < -0.39 is 15.9 Å². The number of ether oxygens (including phenoxy) is 2. The van der Waals surface area contributed by atoms with Crippen molar-refractivity contribution in [2.45, 2.75) is 32.4 Å². The molecule has 10 heteroatoms. The molecule has 1 saturated carbocycles. The number of pyridine rings is 1. The Morgan fingerprint density at radius 1 is 1.27 bits per heavy atom. The number of nitrogens with zero attached hydrogens (tertiary/aromatic N) is 2. The second-order valence-corrected chi connectivity index (χ2v) is 10.5. The van der Waals surface area contributed by atoms with Crippen LogP contribution in [0.2, 0.25) is 0 Å². The second kappa shape index (κ2) is 9.01. The van der Waals surface area contributed by atoms with Gasteiger partial charge in [-0.2, -0.15) is 0 Å². The van der Waals surface area contributed by atoms with E-state index in [4.69, 9.17) is 9.47 Å². The summed E-state index contributed by atoms with van der Waals surface area (Å²) in [7, 11) is -1.98. The molecule has 1 aromatic carbocycles. The maximum atomic E-state index is 13.5. The number of sulfone groups is 1. The van der Waals surface area contributed by atoms with Crippen LogP contribution >= 0.6 is 0 Å². The molecule has 1 N–H and O–H groups in total. The highest BCUT2D eigenvalue weighted by Crippen LogP contribution is 2.38. The first kappa shape index (κ1) is 23.0. The van der Waals surface area contributed by atoms with Crippen LogP contribution in [0.3, 0.4) is 0 Å². The van der Waals surface area contributed by atoms with Crippen LogP contribution in [0.1, 0.15) is 47.4 Å². The molecule has 4 rings (SSSR count). The van der Waals surface area contributed by atoms with Gasteiger partial charge in [-0.3, -0.25) is 9.59 Å². The summed E-state index contributed by atoms with van der Waals surface area (Å²) >= 11 is 0. The Balaban J connectivity index is 1.70. The molecule has 9 nitrogen and oxygen atoms in total. The fraction of sp³-hybridized carbons (Fsp3) is 0.435. The molecule has 0 saturated heterocycles. The van der Waals surface area contributed by atoms with Gasteiger partial charge in [-0.05, 0) is 43.5 Å². The highest BCUT2D eigenvalue weighted by molar-refractivity contribution is 7.90. The Bertz CT molecular complexity index is 1190. The molecule has 2 amide bonds. The van der Waals surface area contributed by atoms with Gasteiger partial charge in [0.1, 0.15) is 9.84 Å². The number of carbonyl (C=O) groups is 2. The monoisotopic (exact) mass is 473 g/mol. The Kier molecular flexibility index (Phi) is 6.29. The van der Waals surface area contributed by atoms with Crippen LogP contribution in [-0.2, 0) is 21.2 Å². The molecule has 0 bridgehead atoms. The lowest BCUT2D eigenvalue weighted by Crippen LogP contribution is -2.34. The van der Waals surface area contributed by atoms with E-state index in [1.807, 2.05) is 6.07 Å². The molecule has 2 aliphatic rings. The van der Waals surface area contributed by atoms with E-state index in [2.05, 4.69) is 10.3 Å². The van der Waals surface area contributed by atoms with Crippen LogP contribution in [0.4, 0.5) is 5.69 Å². The van der Waals surface area contributed by atoms with Gasteiger partial charge in [-0.1, -0.05) is 12.1 Å². The number of methoxy groups -OCH3 is 1. The Morgan fingerprint density at radius 3 is 2.67 bits per heavy atom. The van der Waals surface area contributed by atoms with E-state index >= 15 is 0 Å². The molecule has 0 unspecified atom stereocenters. The van der Waals surface area contributed by atoms with E-state index in [0.717, 1.165) is 24.7 Å². The van der Waals surface area contributed by atoms with Crippen molar-refractivity contribution in [3.05, 3.63) is 47.2 Å². The number of aromatic nitrogens is 1. The number of fused-ring (bicyclic) bond motifs is 1. The van der Waals surface area contributed by atoms with Crippen LogP contribution < -0.4 is 14.8 Å². The standard InChI is InChI=1S/C23H27N3O6S/c1-4-32-22-19(31-2)11-10-16(25-22)18(13-33(3,29)30)26-12-15-6-5-7-17(20(15)23(26)28)24-21(27)14-8-9-14/h5-7,10-11,14,18H,4,8-9,12-13H2,1-3H3,(H,24,27)/t18-/m1/s1. The van der Waals surface area contributed by atoms with E-state index in [1.165, 1.54) is 12.0 Å². The summed E-state index contributed by atoms with van der Waals surface area (Å²) in [4.78, 5) is 31.8. The lowest BCUT2D eigenvalue weighted by Gasteiger charge is -2.27. The summed E-state index contributed by atoms with van der Waals surface area (Å²) in [6.07, 6.45) is 2.83. The molecular formula is C23H27N3O6S. The van der Waals surface area contributed by atoms with Gasteiger partial charge in [-0.25, -0.2) is 13.4 Å². The zero-order valence-electron chi connectivity index (χ0n) is 18.8. The average molecular weight is 474 g/mol. The van der Waals surface area contributed by atoms with Gasteiger partial charge in [0.15, 0.2) is 5.75 Å². The predicted octanol–water partition coefficient (Wildman–Crippen LogP) is 2.58. The van der Waals surface area contributed by atoms with Gasteiger partial charge in [0, 0.05) is 18.7 Å². The van der Waals surface area contributed by atoms with Gasteiger partial charge in [0.25, 0.3) is 11.8 Å². The fourth-order valence-electron chi connectivity index (χ4n) is 3.96. The number of nitrogens with one attached hydrogen (secondary N) is 1. The highest BCUT2D eigenvalue weighted by Gasteiger charge is 2.38. The number of amides is 2. The number of rotatable bonds is 9. The third kappa shape index (κ3) is 4.95. The van der Waals surface area contributed by atoms with Gasteiger partial charge in [-0.15, -0.1) is 0 Å². The molecule has 176 valence electrons. The number of carbonyl (C=O) groups excluding carboxylic acids is 2. The quantitative estimate of drug-likeness (QED) is 0.595. The van der Waals surface area contributed by atoms with Crippen LogP contribution in [0.15, 0.2) is 30.3 Å². The van der Waals surface area contributed by atoms with Crippen molar-refractivity contribution in [1.82, 2.24) is 9.88 Å². The lowest BCUT2D eigenvalue weighted by molar-refractivity contribution is -0.117. The summed E-state index contributed by atoms with van der Waals surface area (Å²) in [5.41, 5.74) is 1.95. The van der Waals surface area contributed by atoms with Crippen LogP contribution in [0.25, 0.3) is 0 Å². The Hall–Kier alpha value is -3.14. The van der Waals surface area contributed by atoms with Gasteiger partial charge >= 0.3 is 0 Å². The first-order valence-corrected chi connectivity index (χ1v) is 12.9. The van der Waals surface area contributed by atoms with E-state index in [0.29, 0.717) is 29.3 Å². The van der Waals surface area contributed by atoms with Crippen molar-refractivity contribution in [2.75, 3.05) is 31.0 Å². The van der Waals surface area contributed by atoms with Crippen molar-refractivity contribution in [2.24, 2.45) is 5.92 Å². The van der Waals surface area contributed by atoms with Crippen LogP contribution in [0, 0.1) is 5.92 Å². The van der Waals surface area contributed by atoms with Crippen molar-refractivity contribution in [3.8, 4) is 11.6 Å². The molecule has 1 aromatic heterocycles. The van der Waals surface area contributed by atoms with Crippen molar-refractivity contribution < 1.29 is 27.5 Å².